The fourth-order valence-corrected chi connectivity index (χ4v) is 4.64. The highest BCUT2D eigenvalue weighted by Crippen LogP contribution is 2.56. The number of hydrogen-bond acceptors (Lipinski definition) is 5. The highest BCUT2D eigenvalue weighted by Gasteiger charge is 2.60. The number of anilines is 1. The van der Waals surface area contributed by atoms with Gasteiger partial charge in [0.1, 0.15) is 18.3 Å². The largest absolute Gasteiger partial charge is 0.496 e. The monoisotopic (exact) mass is 421 g/mol. The van der Waals surface area contributed by atoms with Crippen LogP contribution in [0.15, 0.2) is 36.4 Å². The van der Waals surface area contributed by atoms with Gasteiger partial charge in [0.2, 0.25) is 0 Å². The zero-order valence-electron chi connectivity index (χ0n) is 16.8. The lowest BCUT2D eigenvalue weighted by atomic mass is 9.63. The fraction of sp³-hybridized carbons (Fsp3) is 0.409. The predicted octanol–water partition coefficient (Wildman–Crippen LogP) is 4.48. The average Bonchev–Trinajstić information content (AvgIpc) is 3.06. The SMILES string of the molecule is COc1cccc2c1C(C)(C)CC(C(F)(F)F)C2(O)Nc1cccc2c1COC2=O. The standard InChI is InChI=1S/C22H22F3NO4/c1-20(2)10-17(22(23,24)25)21(28,14-7-5-9-16(29-3)18(14)20)26-15-8-4-6-12-13(15)11-30-19(12)27/h4-9,17,26,28H,10-11H2,1-3H3. The molecule has 1 aliphatic heterocycles. The van der Waals surface area contributed by atoms with Crippen molar-refractivity contribution in [1.82, 2.24) is 0 Å². The van der Waals surface area contributed by atoms with E-state index in [-0.39, 0.29) is 29.8 Å². The van der Waals surface area contributed by atoms with Gasteiger partial charge < -0.3 is 19.9 Å². The number of fused-ring (bicyclic) bond motifs is 2. The molecule has 160 valence electrons. The van der Waals surface area contributed by atoms with E-state index in [0.717, 1.165) is 0 Å². The van der Waals surface area contributed by atoms with Gasteiger partial charge in [-0.1, -0.05) is 32.0 Å². The average molecular weight is 421 g/mol. The van der Waals surface area contributed by atoms with Crippen molar-refractivity contribution in [3.8, 4) is 5.75 Å². The highest BCUT2D eigenvalue weighted by molar-refractivity contribution is 5.95. The summed E-state index contributed by atoms with van der Waals surface area (Å²) in [5.74, 6) is -2.22. The summed E-state index contributed by atoms with van der Waals surface area (Å²) in [7, 11) is 1.45. The summed E-state index contributed by atoms with van der Waals surface area (Å²) in [6, 6.07) is 9.32. The molecule has 0 bridgehead atoms. The third-order valence-corrected chi connectivity index (χ3v) is 6.02. The Balaban J connectivity index is 1.93. The van der Waals surface area contributed by atoms with E-state index in [9.17, 15) is 23.1 Å². The maximum atomic E-state index is 14.2. The zero-order chi connectivity index (χ0) is 21.9. The molecule has 2 aromatic rings. The summed E-state index contributed by atoms with van der Waals surface area (Å²) in [5, 5.41) is 14.3. The number of aliphatic hydroxyl groups is 1. The van der Waals surface area contributed by atoms with Crippen LogP contribution in [0.25, 0.3) is 0 Å². The molecule has 0 saturated carbocycles. The minimum absolute atomic E-state index is 0.0689. The predicted molar refractivity (Wildman–Crippen MR) is 103 cm³/mol. The molecule has 2 aliphatic rings. The molecule has 1 heterocycles. The molecular formula is C22H22F3NO4. The summed E-state index contributed by atoms with van der Waals surface area (Å²) in [6.07, 6.45) is -5.03. The lowest BCUT2D eigenvalue weighted by molar-refractivity contribution is -0.233. The number of methoxy groups -OCH3 is 1. The summed E-state index contributed by atoms with van der Waals surface area (Å²) in [4.78, 5) is 11.9. The number of cyclic esters (lactones) is 1. The van der Waals surface area contributed by atoms with E-state index in [1.807, 2.05) is 0 Å². The van der Waals surface area contributed by atoms with Crippen molar-refractivity contribution < 1.29 is 32.5 Å². The highest BCUT2D eigenvalue weighted by atomic mass is 19.4. The maximum absolute atomic E-state index is 14.2. The zero-order valence-corrected chi connectivity index (χ0v) is 16.8. The normalized spacial score (nSPS) is 24.6. The smallest absolute Gasteiger partial charge is 0.396 e. The molecule has 2 atom stereocenters. The van der Waals surface area contributed by atoms with Crippen LogP contribution in [-0.2, 0) is 22.5 Å². The number of benzene rings is 2. The minimum atomic E-state index is -4.68. The summed E-state index contributed by atoms with van der Waals surface area (Å²) in [6.45, 7) is 3.35. The lowest BCUT2D eigenvalue weighted by Crippen LogP contribution is -2.55. The Morgan fingerprint density at radius 3 is 2.57 bits per heavy atom. The Bertz CT molecular complexity index is 1020. The number of rotatable bonds is 3. The van der Waals surface area contributed by atoms with E-state index < -0.39 is 29.2 Å². The van der Waals surface area contributed by atoms with Crippen molar-refractivity contribution in [1.29, 1.82) is 0 Å². The van der Waals surface area contributed by atoms with Crippen molar-refractivity contribution >= 4 is 11.7 Å². The fourth-order valence-electron chi connectivity index (χ4n) is 4.64. The van der Waals surface area contributed by atoms with Crippen LogP contribution in [0.2, 0.25) is 0 Å². The van der Waals surface area contributed by atoms with Crippen LogP contribution >= 0.6 is 0 Å². The van der Waals surface area contributed by atoms with Gasteiger partial charge in [-0.15, -0.1) is 0 Å². The Morgan fingerprint density at radius 2 is 1.90 bits per heavy atom. The van der Waals surface area contributed by atoms with Crippen LogP contribution in [0.1, 0.15) is 47.3 Å². The maximum Gasteiger partial charge on any atom is 0.396 e. The Kier molecular flexibility index (Phi) is 4.54. The van der Waals surface area contributed by atoms with Crippen molar-refractivity contribution in [3.05, 3.63) is 58.7 Å². The van der Waals surface area contributed by atoms with Gasteiger partial charge in [0.05, 0.1) is 12.7 Å². The molecule has 0 radical (unpaired) electrons. The van der Waals surface area contributed by atoms with Crippen LogP contribution in [0.4, 0.5) is 18.9 Å². The van der Waals surface area contributed by atoms with E-state index in [0.29, 0.717) is 16.9 Å². The van der Waals surface area contributed by atoms with Crippen molar-refractivity contribution in [2.45, 2.75) is 44.2 Å². The van der Waals surface area contributed by atoms with Crippen LogP contribution in [-0.4, -0.2) is 24.4 Å². The molecular weight excluding hydrogens is 399 g/mol. The van der Waals surface area contributed by atoms with Crippen molar-refractivity contribution in [2.24, 2.45) is 5.92 Å². The van der Waals surface area contributed by atoms with Crippen LogP contribution in [0.3, 0.4) is 0 Å². The molecule has 0 fully saturated rings. The summed E-state index contributed by atoms with van der Waals surface area (Å²) in [5.41, 5.74) is -1.82. The third kappa shape index (κ3) is 3.01. The second-order valence-electron chi connectivity index (χ2n) is 8.36. The van der Waals surface area contributed by atoms with E-state index >= 15 is 0 Å². The Hall–Kier alpha value is -2.74. The van der Waals surface area contributed by atoms with Crippen molar-refractivity contribution in [3.63, 3.8) is 0 Å². The first-order valence-electron chi connectivity index (χ1n) is 9.53. The molecule has 0 spiro atoms. The minimum Gasteiger partial charge on any atom is -0.496 e. The van der Waals surface area contributed by atoms with E-state index in [2.05, 4.69) is 5.32 Å². The molecule has 5 nitrogen and oxygen atoms in total. The number of alkyl halides is 3. The molecule has 1 aliphatic carbocycles. The molecule has 0 aromatic heterocycles. The Morgan fingerprint density at radius 1 is 1.20 bits per heavy atom. The van der Waals surface area contributed by atoms with Gasteiger partial charge in [-0.3, -0.25) is 0 Å². The molecule has 4 rings (SSSR count). The molecule has 8 heteroatoms. The molecule has 0 amide bonds. The van der Waals surface area contributed by atoms with E-state index in [4.69, 9.17) is 9.47 Å². The molecule has 0 saturated heterocycles. The summed E-state index contributed by atoms with van der Waals surface area (Å²) >= 11 is 0. The van der Waals surface area contributed by atoms with Gasteiger partial charge in [0.25, 0.3) is 0 Å². The first-order chi connectivity index (χ1) is 14.0. The third-order valence-electron chi connectivity index (χ3n) is 6.02. The number of nitrogens with one attached hydrogen (secondary N) is 1. The van der Waals surface area contributed by atoms with E-state index in [1.54, 1.807) is 38.1 Å². The van der Waals surface area contributed by atoms with Gasteiger partial charge in [0, 0.05) is 22.4 Å². The quantitative estimate of drug-likeness (QED) is 0.565. The van der Waals surface area contributed by atoms with Gasteiger partial charge >= 0.3 is 12.1 Å². The molecule has 2 unspecified atom stereocenters. The van der Waals surface area contributed by atoms with Crippen molar-refractivity contribution in [2.75, 3.05) is 12.4 Å². The topological polar surface area (TPSA) is 67.8 Å². The molecule has 2 N–H and O–H groups in total. The first kappa shape index (κ1) is 20.5. The van der Waals surface area contributed by atoms with Crippen LogP contribution in [0.5, 0.6) is 5.75 Å². The van der Waals surface area contributed by atoms with Gasteiger partial charge in [-0.05, 0) is 30.0 Å². The number of ether oxygens (including phenoxy) is 2. The van der Waals surface area contributed by atoms with Crippen LogP contribution in [0, 0.1) is 5.92 Å². The Labute approximate surface area is 171 Å². The van der Waals surface area contributed by atoms with E-state index in [1.165, 1.54) is 19.2 Å². The van der Waals surface area contributed by atoms with Gasteiger partial charge in [-0.25, -0.2) is 4.79 Å². The van der Waals surface area contributed by atoms with Gasteiger partial charge in [0.15, 0.2) is 5.72 Å². The molecule has 2 aromatic carbocycles. The summed E-state index contributed by atoms with van der Waals surface area (Å²) < 4.78 is 53.0. The van der Waals surface area contributed by atoms with Gasteiger partial charge in [-0.2, -0.15) is 13.2 Å². The first-order valence-corrected chi connectivity index (χ1v) is 9.53. The number of hydrogen-bond donors (Lipinski definition) is 2. The number of carbonyl (C=O) groups is 1. The second kappa shape index (κ2) is 6.63. The van der Waals surface area contributed by atoms with Crippen LogP contribution < -0.4 is 10.1 Å². The number of carbonyl (C=O) groups excluding carboxylic acids is 1. The molecule has 30 heavy (non-hydrogen) atoms. The number of esters is 1. The second-order valence-corrected chi connectivity index (χ2v) is 8.36. The number of halogens is 3. The lowest BCUT2D eigenvalue weighted by Gasteiger charge is -2.49.